The van der Waals surface area contributed by atoms with E-state index in [0.29, 0.717) is 20.6 Å². The molecule has 2 aromatic carbocycles. The zero-order valence-electron chi connectivity index (χ0n) is 11.2. The van der Waals surface area contributed by atoms with E-state index in [9.17, 15) is 4.39 Å². The van der Waals surface area contributed by atoms with Crippen molar-refractivity contribution in [1.29, 1.82) is 5.41 Å². The lowest BCUT2D eigenvalue weighted by molar-refractivity contribution is 0.461. The lowest BCUT2D eigenvalue weighted by atomic mass is 10.2. The molecule has 0 saturated carbocycles. The highest BCUT2D eigenvalue weighted by Crippen LogP contribution is 2.20. The minimum Gasteiger partial charge on any atom is -0.404 e. The number of rotatable bonds is 3. The number of halogens is 3. The standard InChI is InChI=1S/C15H10BrClFN3O/c16-11-5-4-10(13(18)7-11)8-21-15(19)22-14(20-21)9-2-1-3-12(17)6-9/h1-7,19H,8H2. The Balaban J connectivity index is 1.94. The molecule has 0 amide bonds. The highest BCUT2D eigenvalue weighted by molar-refractivity contribution is 9.10. The van der Waals surface area contributed by atoms with Crippen LogP contribution in [0.1, 0.15) is 5.56 Å². The third-order valence-corrected chi connectivity index (χ3v) is 3.77. The van der Waals surface area contributed by atoms with Crippen LogP contribution in [0, 0.1) is 11.2 Å². The predicted molar refractivity (Wildman–Crippen MR) is 84.0 cm³/mol. The Kier molecular flexibility index (Phi) is 4.13. The maximum absolute atomic E-state index is 13.9. The number of hydrogen-bond donors (Lipinski definition) is 1. The smallest absolute Gasteiger partial charge is 0.312 e. The molecule has 7 heteroatoms. The third-order valence-electron chi connectivity index (χ3n) is 3.05. The van der Waals surface area contributed by atoms with Gasteiger partial charge in [-0.3, -0.25) is 0 Å². The van der Waals surface area contributed by atoms with E-state index in [0.717, 1.165) is 0 Å². The van der Waals surface area contributed by atoms with Gasteiger partial charge in [-0.25, -0.2) is 14.5 Å². The highest BCUT2D eigenvalue weighted by Gasteiger charge is 2.11. The van der Waals surface area contributed by atoms with E-state index in [-0.39, 0.29) is 23.9 Å². The fourth-order valence-electron chi connectivity index (χ4n) is 1.98. The Hall–Kier alpha value is -1.92. The molecule has 1 heterocycles. The maximum atomic E-state index is 13.9. The number of nitrogens with zero attached hydrogens (tertiary/aromatic N) is 2. The van der Waals surface area contributed by atoms with Gasteiger partial charge in [0.15, 0.2) is 0 Å². The first kappa shape index (κ1) is 15.0. The van der Waals surface area contributed by atoms with Crippen LogP contribution in [-0.4, -0.2) is 9.78 Å². The maximum Gasteiger partial charge on any atom is 0.312 e. The number of nitrogens with one attached hydrogen (secondary N) is 1. The zero-order chi connectivity index (χ0) is 15.7. The van der Waals surface area contributed by atoms with Gasteiger partial charge in [0.05, 0.1) is 6.54 Å². The van der Waals surface area contributed by atoms with Crippen LogP contribution in [0.25, 0.3) is 11.5 Å². The summed E-state index contributed by atoms with van der Waals surface area (Å²) in [5, 5.41) is 12.6. The van der Waals surface area contributed by atoms with Crippen molar-refractivity contribution < 1.29 is 8.81 Å². The average molecular weight is 383 g/mol. The Bertz CT molecular complexity index is 890. The first-order chi connectivity index (χ1) is 10.5. The molecule has 3 rings (SSSR count). The van der Waals surface area contributed by atoms with Gasteiger partial charge in [0.1, 0.15) is 5.82 Å². The molecular weight excluding hydrogens is 373 g/mol. The normalized spacial score (nSPS) is 10.9. The monoisotopic (exact) mass is 381 g/mol. The van der Waals surface area contributed by atoms with Crippen LogP contribution in [0.5, 0.6) is 0 Å². The van der Waals surface area contributed by atoms with Gasteiger partial charge >= 0.3 is 5.68 Å². The van der Waals surface area contributed by atoms with Crippen LogP contribution in [0.2, 0.25) is 5.02 Å². The van der Waals surface area contributed by atoms with Gasteiger partial charge in [-0.2, -0.15) is 0 Å². The topological polar surface area (TPSA) is 54.8 Å². The second-order valence-electron chi connectivity index (χ2n) is 4.62. The van der Waals surface area contributed by atoms with Crippen molar-refractivity contribution in [2.75, 3.05) is 0 Å². The largest absolute Gasteiger partial charge is 0.404 e. The van der Waals surface area contributed by atoms with Gasteiger partial charge in [0.2, 0.25) is 5.89 Å². The number of aromatic nitrogens is 2. The van der Waals surface area contributed by atoms with Gasteiger partial charge in [-0.05, 0) is 30.3 Å². The molecule has 0 spiro atoms. The third kappa shape index (κ3) is 3.13. The van der Waals surface area contributed by atoms with Gasteiger partial charge in [0.25, 0.3) is 0 Å². The fraction of sp³-hybridized carbons (Fsp3) is 0.0667. The zero-order valence-corrected chi connectivity index (χ0v) is 13.5. The Morgan fingerprint density at radius 1 is 1.27 bits per heavy atom. The molecule has 0 aliphatic heterocycles. The molecular formula is C15H10BrClFN3O. The van der Waals surface area contributed by atoms with Gasteiger partial charge in [-0.15, -0.1) is 5.10 Å². The van der Waals surface area contributed by atoms with Crippen molar-refractivity contribution >= 4 is 27.5 Å². The van der Waals surface area contributed by atoms with E-state index in [1.165, 1.54) is 10.7 Å². The molecule has 0 fully saturated rings. The summed E-state index contributed by atoms with van der Waals surface area (Å²) in [5.74, 6) is -0.0985. The average Bonchev–Trinajstić information content (AvgIpc) is 2.83. The molecule has 22 heavy (non-hydrogen) atoms. The van der Waals surface area contributed by atoms with Crippen molar-refractivity contribution in [3.63, 3.8) is 0 Å². The van der Waals surface area contributed by atoms with Crippen molar-refractivity contribution in [2.24, 2.45) is 0 Å². The molecule has 0 atom stereocenters. The lowest BCUT2D eigenvalue weighted by Gasteiger charge is -2.02. The summed E-state index contributed by atoms with van der Waals surface area (Å²) in [6, 6.07) is 11.7. The Labute approximate surface area is 138 Å². The molecule has 112 valence electrons. The van der Waals surface area contributed by atoms with Gasteiger partial charge < -0.3 is 4.42 Å². The molecule has 4 nitrogen and oxygen atoms in total. The summed E-state index contributed by atoms with van der Waals surface area (Å²) in [6.07, 6.45) is 0. The highest BCUT2D eigenvalue weighted by atomic mass is 79.9. The van der Waals surface area contributed by atoms with E-state index in [1.54, 1.807) is 36.4 Å². The van der Waals surface area contributed by atoms with Crippen molar-refractivity contribution in [3.8, 4) is 11.5 Å². The summed E-state index contributed by atoms with van der Waals surface area (Å²) in [5.41, 5.74) is 0.931. The van der Waals surface area contributed by atoms with Crippen LogP contribution < -0.4 is 5.68 Å². The van der Waals surface area contributed by atoms with Crippen LogP contribution in [0.3, 0.4) is 0 Å². The molecule has 0 unspecified atom stereocenters. The van der Waals surface area contributed by atoms with Crippen LogP contribution in [0.15, 0.2) is 51.4 Å². The van der Waals surface area contributed by atoms with E-state index in [2.05, 4.69) is 21.0 Å². The second kappa shape index (κ2) is 6.06. The molecule has 0 aliphatic carbocycles. The fourth-order valence-corrected chi connectivity index (χ4v) is 2.50. The number of hydrogen-bond acceptors (Lipinski definition) is 3. The van der Waals surface area contributed by atoms with Crippen molar-refractivity contribution in [2.45, 2.75) is 6.54 Å². The molecule has 0 radical (unpaired) electrons. The second-order valence-corrected chi connectivity index (χ2v) is 5.97. The minimum atomic E-state index is -0.367. The molecule has 1 aromatic heterocycles. The molecule has 3 aromatic rings. The van der Waals surface area contributed by atoms with Crippen molar-refractivity contribution in [3.05, 3.63) is 69.0 Å². The lowest BCUT2D eigenvalue weighted by Crippen LogP contribution is -2.17. The summed E-state index contributed by atoms with van der Waals surface area (Å²) < 4.78 is 21.1. The first-order valence-corrected chi connectivity index (χ1v) is 7.52. The van der Waals surface area contributed by atoms with E-state index in [1.807, 2.05) is 0 Å². The minimum absolute atomic E-state index is 0.113. The Morgan fingerprint density at radius 3 is 2.82 bits per heavy atom. The molecule has 0 saturated heterocycles. The number of benzene rings is 2. The summed E-state index contributed by atoms with van der Waals surface area (Å²) in [4.78, 5) is 0. The molecule has 0 bridgehead atoms. The van der Waals surface area contributed by atoms with E-state index in [4.69, 9.17) is 21.4 Å². The van der Waals surface area contributed by atoms with Gasteiger partial charge in [0, 0.05) is 20.6 Å². The van der Waals surface area contributed by atoms with Gasteiger partial charge in [-0.1, -0.05) is 39.7 Å². The van der Waals surface area contributed by atoms with Crippen LogP contribution in [-0.2, 0) is 6.54 Å². The molecule has 0 aliphatic rings. The van der Waals surface area contributed by atoms with Crippen LogP contribution in [0.4, 0.5) is 4.39 Å². The van der Waals surface area contributed by atoms with E-state index >= 15 is 0 Å². The quantitative estimate of drug-likeness (QED) is 0.737. The first-order valence-electron chi connectivity index (χ1n) is 6.35. The Morgan fingerprint density at radius 2 is 2.09 bits per heavy atom. The van der Waals surface area contributed by atoms with Crippen LogP contribution >= 0.6 is 27.5 Å². The summed E-state index contributed by atoms with van der Waals surface area (Å²) in [7, 11) is 0. The predicted octanol–water partition coefficient (Wildman–Crippen LogP) is 4.23. The summed E-state index contributed by atoms with van der Waals surface area (Å²) in [6.45, 7) is 0.113. The molecule has 1 N–H and O–H groups in total. The van der Waals surface area contributed by atoms with E-state index < -0.39 is 0 Å². The van der Waals surface area contributed by atoms with Crippen molar-refractivity contribution in [1.82, 2.24) is 9.78 Å². The summed E-state index contributed by atoms with van der Waals surface area (Å²) >= 11 is 9.14. The SMILES string of the molecule is N=c1oc(-c2cccc(Cl)c2)nn1Cc1ccc(Br)cc1F.